The third kappa shape index (κ3) is 3.42. The fourth-order valence-corrected chi connectivity index (χ4v) is 2.14. The quantitative estimate of drug-likeness (QED) is 0.876. The number of nitrogens with zero attached hydrogens (tertiary/aromatic N) is 2. The summed E-state index contributed by atoms with van der Waals surface area (Å²) in [7, 11) is 0. The summed E-state index contributed by atoms with van der Waals surface area (Å²) in [6.45, 7) is 0.872. The van der Waals surface area contributed by atoms with Crippen LogP contribution in [0.3, 0.4) is 0 Å². The smallest absolute Gasteiger partial charge is 0.222 e. The van der Waals surface area contributed by atoms with Crippen molar-refractivity contribution in [2.45, 2.75) is 6.42 Å². The van der Waals surface area contributed by atoms with Crippen molar-refractivity contribution < 1.29 is 0 Å². The number of aromatic nitrogens is 2. The van der Waals surface area contributed by atoms with E-state index in [1.807, 2.05) is 0 Å². The van der Waals surface area contributed by atoms with Crippen LogP contribution in [0.25, 0.3) is 0 Å². The Morgan fingerprint density at radius 3 is 2.80 bits per heavy atom. The number of anilines is 1. The van der Waals surface area contributed by atoms with E-state index in [1.54, 1.807) is 23.7 Å². The molecule has 0 bridgehead atoms. The van der Waals surface area contributed by atoms with Gasteiger partial charge in [-0.15, -0.1) is 0 Å². The zero-order valence-corrected chi connectivity index (χ0v) is 11.0. The molecule has 0 aliphatic heterocycles. The average molecular weight is 331 g/mol. The second kappa shape index (κ2) is 5.41. The minimum atomic E-state index is 0.700. The van der Waals surface area contributed by atoms with Gasteiger partial charge >= 0.3 is 0 Å². The van der Waals surface area contributed by atoms with Gasteiger partial charge < -0.3 is 5.32 Å². The van der Waals surface area contributed by atoms with Crippen LogP contribution < -0.4 is 5.32 Å². The maximum absolute atomic E-state index is 4.17. The van der Waals surface area contributed by atoms with Gasteiger partial charge in [0.05, 0.1) is 0 Å². The van der Waals surface area contributed by atoms with Gasteiger partial charge in [-0.3, -0.25) is 0 Å². The number of hydrogen-bond donors (Lipinski definition) is 1. The molecule has 0 aliphatic rings. The molecule has 0 unspecified atom stereocenters. The van der Waals surface area contributed by atoms with E-state index in [-0.39, 0.29) is 0 Å². The third-order valence-electron chi connectivity index (χ3n) is 1.90. The second-order valence-electron chi connectivity index (χ2n) is 3.03. The Morgan fingerprint density at radius 2 is 2.13 bits per heavy atom. The van der Waals surface area contributed by atoms with Gasteiger partial charge in [0.1, 0.15) is 0 Å². The average Bonchev–Trinajstić information content (AvgIpc) is 2.74. The van der Waals surface area contributed by atoms with Crippen molar-refractivity contribution in [2.75, 3.05) is 11.9 Å². The Hall–Kier alpha value is -0.690. The first-order valence-electron chi connectivity index (χ1n) is 4.57. The molecular formula is C10H10IN3S. The number of rotatable bonds is 4. The van der Waals surface area contributed by atoms with E-state index in [0.29, 0.717) is 5.95 Å². The van der Waals surface area contributed by atoms with Gasteiger partial charge in [-0.25, -0.2) is 9.97 Å². The third-order valence-corrected chi connectivity index (χ3v) is 3.19. The molecule has 0 saturated heterocycles. The van der Waals surface area contributed by atoms with Crippen molar-refractivity contribution in [3.8, 4) is 0 Å². The zero-order valence-electron chi connectivity index (χ0n) is 7.98. The van der Waals surface area contributed by atoms with Crippen molar-refractivity contribution >= 4 is 39.9 Å². The van der Waals surface area contributed by atoms with Crippen LogP contribution in [0.2, 0.25) is 0 Å². The van der Waals surface area contributed by atoms with Crippen LogP contribution in [0.1, 0.15) is 5.56 Å². The molecule has 0 atom stereocenters. The molecule has 2 rings (SSSR count). The Labute approximate surface area is 106 Å². The Bertz CT molecular complexity index is 399. The lowest BCUT2D eigenvalue weighted by molar-refractivity contribution is 0.986. The van der Waals surface area contributed by atoms with Crippen LogP contribution in [-0.4, -0.2) is 16.5 Å². The summed E-state index contributed by atoms with van der Waals surface area (Å²) < 4.78 is 1.05. The number of hydrogen-bond acceptors (Lipinski definition) is 4. The van der Waals surface area contributed by atoms with Gasteiger partial charge in [-0.05, 0) is 51.4 Å². The van der Waals surface area contributed by atoms with Crippen molar-refractivity contribution in [3.63, 3.8) is 0 Å². The molecule has 0 amide bonds. The highest BCUT2D eigenvalue weighted by Crippen LogP contribution is 2.07. The highest BCUT2D eigenvalue weighted by Gasteiger charge is 1.96. The van der Waals surface area contributed by atoms with Gasteiger partial charge in [-0.1, -0.05) is 0 Å². The summed E-state index contributed by atoms with van der Waals surface area (Å²) in [5.41, 5.74) is 1.36. The molecule has 0 fully saturated rings. The van der Waals surface area contributed by atoms with E-state index in [4.69, 9.17) is 0 Å². The molecule has 0 aromatic carbocycles. The van der Waals surface area contributed by atoms with Crippen molar-refractivity contribution in [2.24, 2.45) is 0 Å². The van der Waals surface area contributed by atoms with Crippen molar-refractivity contribution in [1.82, 2.24) is 9.97 Å². The van der Waals surface area contributed by atoms with E-state index in [1.165, 1.54) is 5.56 Å². The molecule has 1 N–H and O–H groups in total. The monoisotopic (exact) mass is 331 g/mol. The molecule has 2 aromatic rings. The molecule has 2 aromatic heterocycles. The maximum Gasteiger partial charge on any atom is 0.222 e. The van der Waals surface area contributed by atoms with Gasteiger partial charge in [0.2, 0.25) is 5.95 Å². The molecule has 2 heterocycles. The molecule has 0 aliphatic carbocycles. The van der Waals surface area contributed by atoms with Crippen LogP contribution >= 0.6 is 33.9 Å². The first kappa shape index (κ1) is 10.8. The summed E-state index contributed by atoms with van der Waals surface area (Å²) in [6, 6.07) is 2.14. The topological polar surface area (TPSA) is 37.8 Å². The lowest BCUT2D eigenvalue weighted by atomic mass is 10.2. The number of nitrogens with one attached hydrogen (secondary N) is 1. The predicted octanol–water partition coefficient (Wildman–Crippen LogP) is 2.80. The van der Waals surface area contributed by atoms with E-state index >= 15 is 0 Å². The normalized spacial score (nSPS) is 10.2. The second-order valence-corrected chi connectivity index (χ2v) is 5.06. The fraction of sp³-hybridized carbons (Fsp3) is 0.200. The van der Waals surface area contributed by atoms with E-state index in [0.717, 1.165) is 16.5 Å². The Morgan fingerprint density at radius 1 is 1.33 bits per heavy atom. The minimum absolute atomic E-state index is 0.700. The number of thiophene rings is 1. The first-order chi connectivity index (χ1) is 7.34. The SMILES string of the molecule is Ic1cnc(NCCc2ccsc2)nc1. The van der Waals surface area contributed by atoms with Gasteiger partial charge in [0.25, 0.3) is 0 Å². The standard InChI is InChI=1S/C10H10IN3S/c11-9-5-13-10(14-6-9)12-3-1-8-2-4-15-7-8/h2,4-7H,1,3H2,(H,12,13,14). The summed E-state index contributed by atoms with van der Waals surface area (Å²) in [4.78, 5) is 8.34. The lowest BCUT2D eigenvalue weighted by Crippen LogP contribution is -2.07. The zero-order chi connectivity index (χ0) is 10.5. The molecule has 0 radical (unpaired) electrons. The van der Waals surface area contributed by atoms with Crippen molar-refractivity contribution in [1.29, 1.82) is 0 Å². The first-order valence-corrected chi connectivity index (χ1v) is 6.59. The van der Waals surface area contributed by atoms with E-state index < -0.39 is 0 Å². The van der Waals surface area contributed by atoms with Crippen LogP contribution in [0.4, 0.5) is 5.95 Å². The molecule has 15 heavy (non-hydrogen) atoms. The molecule has 78 valence electrons. The lowest BCUT2D eigenvalue weighted by Gasteiger charge is -2.02. The molecular weight excluding hydrogens is 321 g/mol. The summed E-state index contributed by atoms with van der Waals surface area (Å²) >= 11 is 3.92. The van der Waals surface area contributed by atoms with Gasteiger partial charge in [0.15, 0.2) is 0 Å². The molecule has 0 spiro atoms. The minimum Gasteiger partial charge on any atom is -0.354 e. The number of halogens is 1. The predicted molar refractivity (Wildman–Crippen MR) is 71.3 cm³/mol. The van der Waals surface area contributed by atoms with Crippen LogP contribution in [-0.2, 0) is 6.42 Å². The molecule has 0 saturated carbocycles. The van der Waals surface area contributed by atoms with Crippen molar-refractivity contribution in [3.05, 3.63) is 38.4 Å². The molecule has 3 nitrogen and oxygen atoms in total. The Balaban J connectivity index is 1.81. The van der Waals surface area contributed by atoms with Crippen LogP contribution in [0, 0.1) is 3.57 Å². The van der Waals surface area contributed by atoms with E-state index in [9.17, 15) is 0 Å². The van der Waals surface area contributed by atoms with Crippen LogP contribution in [0.15, 0.2) is 29.2 Å². The summed E-state index contributed by atoms with van der Waals surface area (Å²) in [6.07, 6.45) is 4.62. The maximum atomic E-state index is 4.17. The Kier molecular flexibility index (Phi) is 3.90. The van der Waals surface area contributed by atoms with Gasteiger partial charge in [0, 0.05) is 22.5 Å². The highest BCUT2D eigenvalue weighted by atomic mass is 127. The van der Waals surface area contributed by atoms with Crippen LogP contribution in [0.5, 0.6) is 0 Å². The largest absolute Gasteiger partial charge is 0.354 e. The van der Waals surface area contributed by atoms with Gasteiger partial charge in [-0.2, -0.15) is 11.3 Å². The summed E-state index contributed by atoms with van der Waals surface area (Å²) in [5, 5.41) is 7.45. The summed E-state index contributed by atoms with van der Waals surface area (Å²) in [5.74, 6) is 0.700. The van der Waals surface area contributed by atoms with E-state index in [2.05, 4.69) is 54.7 Å². The highest BCUT2D eigenvalue weighted by molar-refractivity contribution is 14.1. The fourth-order valence-electron chi connectivity index (χ4n) is 1.16. The molecule has 5 heteroatoms.